The van der Waals surface area contributed by atoms with E-state index >= 15 is 0 Å². The first-order valence-electron chi connectivity index (χ1n) is 9.73. The molecular formula is C24H18FNO6S. The highest BCUT2D eigenvalue weighted by atomic mass is 32.2. The van der Waals surface area contributed by atoms with E-state index in [9.17, 15) is 17.6 Å². The molecule has 7 nitrogen and oxygen atoms in total. The number of aryl methyl sites for hydroxylation is 1. The van der Waals surface area contributed by atoms with E-state index in [-0.39, 0.29) is 33.6 Å². The van der Waals surface area contributed by atoms with Gasteiger partial charge < -0.3 is 13.7 Å². The number of benzene rings is 3. The summed E-state index contributed by atoms with van der Waals surface area (Å²) in [5, 5.41) is 0. The van der Waals surface area contributed by atoms with Crippen molar-refractivity contribution in [3.05, 3.63) is 94.9 Å². The summed E-state index contributed by atoms with van der Waals surface area (Å²) in [4.78, 5) is 16.3. The van der Waals surface area contributed by atoms with E-state index in [1.54, 1.807) is 18.2 Å². The number of nitrogens with zero attached hydrogens (tertiary/aromatic N) is 1. The van der Waals surface area contributed by atoms with Gasteiger partial charge in [0.15, 0.2) is 17.2 Å². The SMILES string of the molecule is COc1cc(/C=C2\N=C(c3ccccc3F)OC2=O)ccc1OS(=O)(=O)c1ccc(C)cc1. The molecule has 1 aliphatic heterocycles. The van der Waals surface area contributed by atoms with Crippen molar-refractivity contribution in [2.45, 2.75) is 11.8 Å². The Morgan fingerprint density at radius 3 is 2.42 bits per heavy atom. The van der Waals surface area contributed by atoms with E-state index in [1.807, 2.05) is 6.92 Å². The van der Waals surface area contributed by atoms with Crippen molar-refractivity contribution >= 4 is 28.1 Å². The molecule has 0 fully saturated rings. The molecule has 33 heavy (non-hydrogen) atoms. The Hall–Kier alpha value is -3.98. The van der Waals surface area contributed by atoms with Crippen LogP contribution in [0.5, 0.6) is 11.5 Å². The first kappa shape index (κ1) is 22.2. The normalized spacial score (nSPS) is 14.7. The molecule has 0 unspecified atom stereocenters. The van der Waals surface area contributed by atoms with Gasteiger partial charge >= 0.3 is 16.1 Å². The summed E-state index contributed by atoms with van der Waals surface area (Å²) in [6, 6.07) is 16.5. The maximum atomic E-state index is 14.0. The fourth-order valence-electron chi connectivity index (χ4n) is 3.03. The topological polar surface area (TPSA) is 91.3 Å². The summed E-state index contributed by atoms with van der Waals surface area (Å²) < 4.78 is 54.7. The summed E-state index contributed by atoms with van der Waals surface area (Å²) in [7, 11) is -2.72. The van der Waals surface area contributed by atoms with Crippen LogP contribution in [0, 0.1) is 12.7 Å². The van der Waals surface area contributed by atoms with Gasteiger partial charge in [0.2, 0.25) is 5.90 Å². The molecule has 0 amide bonds. The van der Waals surface area contributed by atoms with Crippen LogP contribution in [0.3, 0.4) is 0 Å². The van der Waals surface area contributed by atoms with E-state index in [0.29, 0.717) is 5.56 Å². The number of cyclic esters (lactones) is 1. The lowest BCUT2D eigenvalue weighted by molar-refractivity contribution is -0.129. The summed E-state index contributed by atoms with van der Waals surface area (Å²) in [5.41, 5.74) is 1.40. The highest BCUT2D eigenvalue weighted by Gasteiger charge is 2.26. The molecule has 0 radical (unpaired) electrons. The van der Waals surface area contributed by atoms with E-state index in [0.717, 1.165) is 5.56 Å². The zero-order valence-electron chi connectivity index (χ0n) is 17.6. The van der Waals surface area contributed by atoms with Crippen LogP contribution in [-0.2, 0) is 19.6 Å². The summed E-state index contributed by atoms with van der Waals surface area (Å²) in [6.07, 6.45) is 1.41. The summed E-state index contributed by atoms with van der Waals surface area (Å²) >= 11 is 0. The average Bonchev–Trinajstić information content (AvgIpc) is 3.15. The third kappa shape index (κ3) is 4.78. The fraction of sp³-hybridized carbons (Fsp3) is 0.0833. The Morgan fingerprint density at radius 1 is 1.00 bits per heavy atom. The molecule has 1 aliphatic rings. The summed E-state index contributed by atoms with van der Waals surface area (Å²) in [6.45, 7) is 1.84. The number of ether oxygens (including phenoxy) is 2. The number of methoxy groups -OCH3 is 1. The minimum atomic E-state index is -4.08. The largest absolute Gasteiger partial charge is 0.493 e. The zero-order valence-corrected chi connectivity index (χ0v) is 18.4. The maximum Gasteiger partial charge on any atom is 0.363 e. The molecule has 0 saturated heterocycles. The molecule has 3 aromatic carbocycles. The lowest BCUT2D eigenvalue weighted by Gasteiger charge is -2.11. The van der Waals surface area contributed by atoms with Gasteiger partial charge in [-0.15, -0.1) is 0 Å². The Bertz CT molecular complexity index is 1390. The molecule has 3 aromatic rings. The van der Waals surface area contributed by atoms with Gasteiger partial charge in [0.1, 0.15) is 10.7 Å². The molecule has 9 heteroatoms. The predicted octanol–water partition coefficient (Wildman–Crippen LogP) is 4.25. The standard InChI is InChI=1S/C24H18FNO6S/c1-15-7-10-17(11-8-15)33(28,29)32-21-12-9-16(14-22(21)30-2)13-20-24(27)31-23(26-20)18-5-3-4-6-19(18)25/h3-14H,1-2H3/b20-13-. The highest BCUT2D eigenvalue weighted by Crippen LogP contribution is 2.32. The van der Waals surface area contributed by atoms with Gasteiger partial charge in [-0.2, -0.15) is 8.42 Å². The number of hydrogen-bond donors (Lipinski definition) is 0. The lowest BCUT2D eigenvalue weighted by Crippen LogP contribution is -2.10. The molecule has 0 aromatic heterocycles. The van der Waals surface area contributed by atoms with Crippen molar-refractivity contribution in [2.75, 3.05) is 7.11 Å². The van der Waals surface area contributed by atoms with Crippen molar-refractivity contribution < 1.29 is 31.3 Å². The monoisotopic (exact) mass is 467 g/mol. The molecule has 0 atom stereocenters. The Balaban J connectivity index is 1.62. The third-order valence-electron chi connectivity index (χ3n) is 4.72. The quantitative estimate of drug-likeness (QED) is 0.306. The van der Waals surface area contributed by atoms with Crippen LogP contribution in [0.15, 0.2) is 82.3 Å². The molecule has 4 rings (SSSR count). The van der Waals surface area contributed by atoms with Crippen LogP contribution in [-0.4, -0.2) is 27.4 Å². The molecule has 0 bridgehead atoms. The molecular weight excluding hydrogens is 449 g/mol. The highest BCUT2D eigenvalue weighted by molar-refractivity contribution is 7.87. The first-order valence-corrected chi connectivity index (χ1v) is 11.1. The van der Waals surface area contributed by atoms with Crippen LogP contribution in [0.2, 0.25) is 0 Å². The smallest absolute Gasteiger partial charge is 0.363 e. The zero-order chi connectivity index (χ0) is 23.6. The number of halogens is 1. The van der Waals surface area contributed by atoms with Crippen molar-refractivity contribution in [3.8, 4) is 11.5 Å². The summed E-state index contributed by atoms with van der Waals surface area (Å²) in [5.74, 6) is -1.34. The van der Waals surface area contributed by atoms with E-state index in [4.69, 9.17) is 13.7 Å². The van der Waals surface area contributed by atoms with Crippen LogP contribution < -0.4 is 8.92 Å². The van der Waals surface area contributed by atoms with Gasteiger partial charge in [-0.25, -0.2) is 14.2 Å². The van der Waals surface area contributed by atoms with Crippen LogP contribution >= 0.6 is 0 Å². The third-order valence-corrected chi connectivity index (χ3v) is 5.97. The van der Waals surface area contributed by atoms with Crippen molar-refractivity contribution in [3.63, 3.8) is 0 Å². The van der Waals surface area contributed by atoms with Crippen molar-refractivity contribution in [2.24, 2.45) is 4.99 Å². The Labute approximate surface area is 189 Å². The number of rotatable bonds is 6. The number of carbonyl (C=O) groups is 1. The van der Waals surface area contributed by atoms with Crippen LogP contribution in [0.25, 0.3) is 6.08 Å². The molecule has 0 aliphatic carbocycles. The second-order valence-corrected chi connectivity index (χ2v) is 8.62. The molecule has 0 spiro atoms. The number of carbonyl (C=O) groups excluding carboxylic acids is 1. The van der Waals surface area contributed by atoms with E-state index in [1.165, 1.54) is 61.7 Å². The minimum absolute atomic E-state index is 0.00468. The molecule has 0 saturated carbocycles. The molecule has 168 valence electrons. The van der Waals surface area contributed by atoms with E-state index < -0.39 is 21.9 Å². The number of esters is 1. The predicted molar refractivity (Wildman–Crippen MR) is 119 cm³/mol. The Kier molecular flexibility index (Phi) is 5.97. The number of aliphatic imine (C=N–C) groups is 1. The van der Waals surface area contributed by atoms with Crippen LogP contribution in [0.4, 0.5) is 4.39 Å². The molecule has 0 N–H and O–H groups in total. The van der Waals surface area contributed by atoms with Crippen molar-refractivity contribution in [1.82, 2.24) is 0 Å². The van der Waals surface area contributed by atoms with Crippen molar-refractivity contribution in [1.29, 1.82) is 0 Å². The molecule has 1 heterocycles. The van der Waals surface area contributed by atoms with Gasteiger partial charge in [0, 0.05) is 0 Å². The minimum Gasteiger partial charge on any atom is -0.493 e. The second-order valence-electron chi connectivity index (χ2n) is 7.08. The van der Waals surface area contributed by atoms with Gasteiger partial charge in [-0.1, -0.05) is 35.9 Å². The van der Waals surface area contributed by atoms with Gasteiger partial charge in [0.05, 0.1) is 12.7 Å². The van der Waals surface area contributed by atoms with Gasteiger partial charge in [-0.05, 0) is 55.0 Å². The first-order chi connectivity index (χ1) is 15.8. The van der Waals surface area contributed by atoms with Gasteiger partial charge in [-0.3, -0.25) is 0 Å². The Morgan fingerprint density at radius 2 is 1.73 bits per heavy atom. The van der Waals surface area contributed by atoms with Crippen LogP contribution in [0.1, 0.15) is 16.7 Å². The maximum absolute atomic E-state index is 14.0. The number of hydrogen-bond acceptors (Lipinski definition) is 7. The average molecular weight is 467 g/mol. The lowest BCUT2D eigenvalue weighted by atomic mass is 10.1. The van der Waals surface area contributed by atoms with Gasteiger partial charge in [0.25, 0.3) is 0 Å². The van der Waals surface area contributed by atoms with E-state index in [2.05, 4.69) is 4.99 Å². The second kappa shape index (κ2) is 8.87. The fourth-order valence-corrected chi connectivity index (χ4v) is 3.97.